The van der Waals surface area contributed by atoms with Crippen LogP contribution in [-0.4, -0.2) is 31.6 Å². The number of aryl methyl sites for hydroxylation is 2. The number of hydrogen-bond acceptors (Lipinski definition) is 3. The van der Waals surface area contributed by atoms with E-state index in [4.69, 9.17) is 11.6 Å². The third-order valence-corrected chi connectivity index (χ3v) is 5.10. The number of carbonyl (C=O) groups is 1. The van der Waals surface area contributed by atoms with Crippen molar-refractivity contribution in [3.05, 3.63) is 58.1 Å². The Morgan fingerprint density at radius 1 is 1.42 bits per heavy atom. The number of pyridine rings is 1. The lowest BCUT2D eigenvalue weighted by Crippen LogP contribution is -2.33. The molecule has 0 spiro atoms. The van der Waals surface area contributed by atoms with Gasteiger partial charge in [-0.1, -0.05) is 17.7 Å². The molecule has 0 atom stereocenters. The Morgan fingerprint density at radius 2 is 2.19 bits per heavy atom. The Labute approximate surface area is 155 Å². The summed E-state index contributed by atoms with van der Waals surface area (Å²) >= 11 is 6.15. The van der Waals surface area contributed by atoms with E-state index in [-0.39, 0.29) is 18.5 Å². The van der Waals surface area contributed by atoms with Crippen LogP contribution in [0.25, 0.3) is 11.0 Å². The van der Waals surface area contributed by atoms with Gasteiger partial charge in [0.05, 0.1) is 17.8 Å². The Morgan fingerprint density at radius 3 is 2.88 bits per heavy atom. The van der Waals surface area contributed by atoms with Gasteiger partial charge in [0, 0.05) is 35.3 Å². The molecule has 134 valence electrons. The number of halogens is 2. The van der Waals surface area contributed by atoms with Crippen LogP contribution in [0, 0.1) is 12.7 Å². The molecule has 1 amide bonds. The van der Waals surface area contributed by atoms with Gasteiger partial charge < -0.3 is 4.90 Å². The highest BCUT2D eigenvalue weighted by Crippen LogP contribution is 2.32. The van der Waals surface area contributed by atoms with Crippen LogP contribution in [0.3, 0.4) is 0 Å². The summed E-state index contributed by atoms with van der Waals surface area (Å²) in [5.41, 5.74) is 2.38. The minimum absolute atomic E-state index is 0.115. The molecule has 5 nitrogen and oxygen atoms in total. The highest BCUT2D eigenvalue weighted by Gasteiger charge is 2.34. The van der Waals surface area contributed by atoms with Crippen molar-refractivity contribution < 1.29 is 9.18 Å². The van der Waals surface area contributed by atoms with Crippen molar-refractivity contribution in [3.63, 3.8) is 0 Å². The first-order valence-electron chi connectivity index (χ1n) is 8.49. The largest absolute Gasteiger partial charge is 0.331 e. The Balaban J connectivity index is 1.69. The average Bonchev–Trinajstić information content (AvgIpc) is 3.41. The van der Waals surface area contributed by atoms with E-state index in [1.165, 1.54) is 6.07 Å². The number of carbonyl (C=O) groups excluding carboxylic acids is 1. The van der Waals surface area contributed by atoms with E-state index in [2.05, 4.69) is 10.1 Å². The fourth-order valence-electron chi connectivity index (χ4n) is 3.20. The van der Waals surface area contributed by atoms with Gasteiger partial charge in [-0.3, -0.25) is 9.48 Å². The van der Waals surface area contributed by atoms with Crippen LogP contribution in [0.5, 0.6) is 0 Å². The van der Waals surface area contributed by atoms with Gasteiger partial charge in [-0.25, -0.2) is 9.37 Å². The Hall–Kier alpha value is -2.47. The first kappa shape index (κ1) is 17.0. The molecule has 26 heavy (non-hydrogen) atoms. The van der Waals surface area contributed by atoms with Gasteiger partial charge >= 0.3 is 0 Å². The monoisotopic (exact) mass is 372 g/mol. The predicted molar refractivity (Wildman–Crippen MR) is 97.6 cm³/mol. The molecular weight excluding hydrogens is 355 g/mol. The summed E-state index contributed by atoms with van der Waals surface area (Å²) in [5, 5.41) is 5.51. The second kappa shape index (κ2) is 6.36. The van der Waals surface area contributed by atoms with Gasteiger partial charge in [-0.2, -0.15) is 5.10 Å². The molecule has 0 radical (unpaired) electrons. The van der Waals surface area contributed by atoms with E-state index in [0.29, 0.717) is 16.1 Å². The molecule has 7 heteroatoms. The lowest BCUT2D eigenvalue weighted by molar-refractivity contribution is 0.0728. The SMILES string of the molecule is Cc1nn(C)c2ncc(C(=O)N(Cc3c(F)cccc3Cl)C3CC3)cc12. The van der Waals surface area contributed by atoms with Crippen LogP contribution in [0.15, 0.2) is 30.5 Å². The fourth-order valence-corrected chi connectivity index (χ4v) is 3.42. The van der Waals surface area contributed by atoms with Crippen molar-refractivity contribution in [2.75, 3.05) is 0 Å². The maximum Gasteiger partial charge on any atom is 0.255 e. The zero-order valence-corrected chi connectivity index (χ0v) is 15.3. The van der Waals surface area contributed by atoms with E-state index in [1.807, 2.05) is 20.0 Å². The predicted octanol–water partition coefficient (Wildman–Crippen LogP) is 3.87. The van der Waals surface area contributed by atoms with Crippen molar-refractivity contribution in [3.8, 4) is 0 Å². The smallest absolute Gasteiger partial charge is 0.255 e. The van der Waals surface area contributed by atoms with E-state index in [1.54, 1.807) is 27.9 Å². The third-order valence-electron chi connectivity index (χ3n) is 4.75. The zero-order valence-electron chi connectivity index (χ0n) is 14.5. The van der Waals surface area contributed by atoms with Crippen molar-refractivity contribution in [1.82, 2.24) is 19.7 Å². The minimum Gasteiger partial charge on any atom is -0.331 e. The number of fused-ring (bicyclic) bond motifs is 1. The van der Waals surface area contributed by atoms with E-state index in [0.717, 1.165) is 29.6 Å². The maximum atomic E-state index is 14.2. The fraction of sp³-hybridized carbons (Fsp3) is 0.316. The van der Waals surface area contributed by atoms with E-state index >= 15 is 0 Å². The van der Waals surface area contributed by atoms with Crippen molar-refractivity contribution >= 4 is 28.5 Å². The van der Waals surface area contributed by atoms with Gasteiger partial charge in [0.25, 0.3) is 5.91 Å². The molecule has 2 aromatic heterocycles. The molecule has 0 aliphatic heterocycles. The molecule has 4 rings (SSSR count). The standard InChI is InChI=1S/C19H18ClFN4O/c1-11-14-8-12(9-22-18(14)24(2)23-11)19(26)25(13-6-7-13)10-15-16(20)4-3-5-17(15)21/h3-5,8-9,13H,6-7,10H2,1-2H3. The molecule has 0 unspecified atom stereocenters. The molecule has 1 aliphatic carbocycles. The number of nitrogens with zero attached hydrogens (tertiary/aromatic N) is 4. The van der Waals surface area contributed by atoms with Crippen molar-refractivity contribution in [2.45, 2.75) is 32.4 Å². The quantitative estimate of drug-likeness (QED) is 0.698. The van der Waals surface area contributed by atoms with Gasteiger partial charge in [0.1, 0.15) is 5.82 Å². The number of hydrogen-bond donors (Lipinski definition) is 0. The zero-order chi connectivity index (χ0) is 18.4. The first-order valence-corrected chi connectivity index (χ1v) is 8.86. The normalized spacial score (nSPS) is 14.0. The summed E-state index contributed by atoms with van der Waals surface area (Å²) in [6, 6.07) is 6.49. The molecule has 2 heterocycles. The van der Waals surface area contributed by atoms with Crippen LogP contribution in [0.1, 0.15) is 34.5 Å². The summed E-state index contributed by atoms with van der Waals surface area (Å²) in [7, 11) is 1.82. The molecule has 0 N–H and O–H groups in total. The number of rotatable bonds is 4. The van der Waals surface area contributed by atoms with Crippen LogP contribution in [-0.2, 0) is 13.6 Å². The average molecular weight is 373 g/mol. The van der Waals surface area contributed by atoms with Crippen molar-refractivity contribution in [1.29, 1.82) is 0 Å². The molecular formula is C19H18ClFN4O. The molecule has 1 aromatic carbocycles. The summed E-state index contributed by atoms with van der Waals surface area (Å²) in [4.78, 5) is 19.2. The second-order valence-electron chi connectivity index (χ2n) is 6.67. The molecule has 1 aliphatic rings. The number of amides is 1. The molecule has 1 saturated carbocycles. The maximum absolute atomic E-state index is 14.2. The Kier molecular flexibility index (Phi) is 4.15. The molecule has 1 fully saturated rings. The minimum atomic E-state index is -0.396. The van der Waals surface area contributed by atoms with Crippen LogP contribution >= 0.6 is 11.6 Å². The number of benzene rings is 1. The molecule has 0 saturated heterocycles. The topological polar surface area (TPSA) is 51.0 Å². The van der Waals surface area contributed by atoms with Crippen LogP contribution in [0.4, 0.5) is 4.39 Å². The van der Waals surface area contributed by atoms with Gasteiger partial charge in [0.2, 0.25) is 0 Å². The van der Waals surface area contributed by atoms with E-state index in [9.17, 15) is 9.18 Å². The van der Waals surface area contributed by atoms with Crippen LogP contribution < -0.4 is 0 Å². The lowest BCUT2D eigenvalue weighted by atomic mass is 10.1. The molecule has 3 aromatic rings. The van der Waals surface area contributed by atoms with Gasteiger partial charge in [-0.15, -0.1) is 0 Å². The highest BCUT2D eigenvalue weighted by molar-refractivity contribution is 6.31. The third kappa shape index (κ3) is 2.94. The van der Waals surface area contributed by atoms with Crippen LogP contribution in [0.2, 0.25) is 5.02 Å². The summed E-state index contributed by atoms with van der Waals surface area (Å²) < 4.78 is 15.9. The van der Waals surface area contributed by atoms with Gasteiger partial charge in [0.15, 0.2) is 5.65 Å². The summed E-state index contributed by atoms with van der Waals surface area (Å²) in [6.45, 7) is 2.04. The first-order chi connectivity index (χ1) is 12.5. The second-order valence-corrected chi connectivity index (χ2v) is 7.08. The lowest BCUT2D eigenvalue weighted by Gasteiger charge is -2.23. The molecule has 0 bridgehead atoms. The van der Waals surface area contributed by atoms with E-state index < -0.39 is 5.82 Å². The summed E-state index contributed by atoms with van der Waals surface area (Å²) in [6.07, 6.45) is 3.39. The number of aromatic nitrogens is 3. The summed E-state index contributed by atoms with van der Waals surface area (Å²) in [5.74, 6) is -0.558. The van der Waals surface area contributed by atoms with Gasteiger partial charge in [-0.05, 0) is 38.0 Å². The van der Waals surface area contributed by atoms with Crippen molar-refractivity contribution in [2.24, 2.45) is 7.05 Å². The highest BCUT2D eigenvalue weighted by atomic mass is 35.5. The Bertz CT molecular complexity index is 992.